The summed E-state index contributed by atoms with van der Waals surface area (Å²) >= 11 is 2.40. The maximum atomic E-state index is 2.40. The van der Waals surface area contributed by atoms with Gasteiger partial charge < -0.3 is 0 Å². The van der Waals surface area contributed by atoms with Crippen molar-refractivity contribution in [3.05, 3.63) is 63.9 Å². The zero-order valence-corrected chi connectivity index (χ0v) is 13.2. The maximum absolute atomic E-state index is 2.40. The van der Waals surface area contributed by atoms with Gasteiger partial charge in [-0.3, -0.25) is 0 Å². The lowest BCUT2D eigenvalue weighted by Gasteiger charge is -2.08. The van der Waals surface area contributed by atoms with Gasteiger partial charge in [-0.25, -0.2) is 4.57 Å². The van der Waals surface area contributed by atoms with E-state index < -0.39 is 0 Å². The normalized spacial score (nSPS) is 10.9. The van der Waals surface area contributed by atoms with Crippen molar-refractivity contribution in [2.24, 2.45) is 7.05 Å². The Bertz CT molecular complexity index is 762. The highest BCUT2D eigenvalue weighted by atomic mass is 127. The quantitative estimate of drug-likeness (QED) is 0.451. The first kappa shape index (κ1) is 12.6. The summed E-state index contributed by atoms with van der Waals surface area (Å²) in [5, 5.41) is 2.59. The smallest absolute Gasteiger partial charge is 0.200 e. The Morgan fingerprint density at radius 1 is 0.947 bits per heavy atom. The Labute approximate surface area is 127 Å². The fraction of sp³-hybridized carbons (Fsp3) is 0.118. The molecule has 0 atom stereocenters. The monoisotopic (exact) mass is 360 g/mol. The minimum atomic E-state index is 1.29. The van der Waals surface area contributed by atoms with Crippen LogP contribution in [0.1, 0.15) is 5.56 Å². The number of benzene rings is 2. The molecule has 2 heteroatoms. The van der Waals surface area contributed by atoms with Crippen LogP contribution >= 0.6 is 22.6 Å². The van der Waals surface area contributed by atoms with E-state index in [1.165, 1.54) is 31.2 Å². The Hall–Kier alpha value is -1.42. The number of aryl methyl sites for hydroxylation is 1. The van der Waals surface area contributed by atoms with E-state index in [4.69, 9.17) is 0 Å². The summed E-state index contributed by atoms with van der Waals surface area (Å²) in [6, 6.07) is 17.2. The topological polar surface area (TPSA) is 3.88 Å². The van der Waals surface area contributed by atoms with E-state index >= 15 is 0 Å². The third-order valence-electron chi connectivity index (χ3n) is 3.57. The van der Waals surface area contributed by atoms with Gasteiger partial charge in [-0.2, -0.15) is 0 Å². The van der Waals surface area contributed by atoms with Gasteiger partial charge in [-0.1, -0.05) is 24.3 Å². The Balaban J connectivity index is 2.42. The zero-order chi connectivity index (χ0) is 13.4. The molecule has 0 aliphatic carbocycles. The Morgan fingerprint density at radius 3 is 2.58 bits per heavy atom. The summed E-state index contributed by atoms with van der Waals surface area (Å²) in [6.45, 7) is 2.19. The van der Waals surface area contributed by atoms with Crippen molar-refractivity contribution in [2.45, 2.75) is 6.92 Å². The van der Waals surface area contributed by atoms with Crippen LogP contribution in [-0.4, -0.2) is 0 Å². The SMILES string of the molecule is Cc1c(I)cccc1-c1c2ccccc2cc[n+]1C. The minimum absolute atomic E-state index is 1.29. The molecule has 0 unspecified atom stereocenters. The molecule has 0 amide bonds. The molecule has 0 saturated carbocycles. The molecular formula is C17H15IN+. The fourth-order valence-electron chi connectivity index (χ4n) is 2.51. The van der Waals surface area contributed by atoms with Gasteiger partial charge in [0.2, 0.25) is 5.69 Å². The number of hydrogen-bond donors (Lipinski definition) is 0. The summed E-state index contributed by atoms with van der Waals surface area (Å²) in [4.78, 5) is 0. The summed E-state index contributed by atoms with van der Waals surface area (Å²) in [7, 11) is 2.11. The molecule has 1 nitrogen and oxygen atoms in total. The van der Waals surface area contributed by atoms with Gasteiger partial charge in [-0.15, -0.1) is 0 Å². The first-order valence-electron chi connectivity index (χ1n) is 6.31. The van der Waals surface area contributed by atoms with Crippen molar-refractivity contribution in [3.8, 4) is 11.3 Å². The summed E-state index contributed by atoms with van der Waals surface area (Å²) in [6.07, 6.45) is 2.14. The van der Waals surface area contributed by atoms with Gasteiger partial charge in [0.15, 0.2) is 6.20 Å². The summed E-state index contributed by atoms with van der Waals surface area (Å²) < 4.78 is 3.52. The molecule has 0 aliphatic rings. The number of hydrogen-bond acceptors (Lipinski definition) is 0. The lowest BCUT2D eigenvalue weighted by Crippen LogP contribution is -2.30. The Morgan fingerprint density at radius 2 is 1.74 bits per heavy atom. The highest BCUT2D eigenvalue weighted by Gasteiger charge is 2.17. The van der Waals surface area contributed by atoms with E-state index in [-0.39, 0.29) is 0 Å². The van der Waals surface area contributed by atoms with Crippen LogP contribution < -0.4 is 4.57 Å². The van der Waals surface area contributed by atoms with Crippen LogP contribution in [0, 0.1) is 10.5 Å². The third-order valence-corrected chi connectivity index (χ3v) is 4.74. The van der Waals surface area contributed by atoms with Crippen LogP contribution in [0.25, 0.3) is 22.0 Å². The summed E-state index contributed by atoms with van der Waals surface area (Å²) in [5.74, 6) is 0. The number of pyridine rings is 1. The molecule has 1 heterocycles. The van der Waals surface area contributed by atoms with E-state index in [9.17, 15) is 0 Å². The number of rotatable bonds is 1. The molecule has 1 aromatic heterocycles. The number of nitrogens with zero attached hydrogens (tertiary/aromatic N) is 1. The first-order valence-corrected chi connectivity index (χ1v) is 7.39. The second-order valence-electron chi connectivity index (χ2n) is 4.77. The predicted molar refractivity (Wildman–Crippen MR) is 88.0 cm³/mol. The first-order chi connectivity index (χ1) is 9.18. The minimum Gasteiger partial charge on any atom is -0.200 e. The lowest BCUT2D eigenvalue weighted by atomic mass is 10.00. The van der Waals surface area contributed by atoms with Crippen LogP contribution in [0.5, 0.6) is 0 Å². The number of halogens is 1. The molecular weight excluding hydrogens is 345 g/mol. The maximum Gasteiger partial charge on any atom is 0.220 e. The molecule has 0 N–H and O–H groups in total. The number of aromatic nitrogens is 1. The highest BCUT2D eigenvalue weighted by Crippen LogP contribution is 2.29. The second kappa shape index (κ2) is 4.93. The van der Waals surface area contributed by atoms with E-state index in [0.717, 1.165) is 0 Å². The molecule has 19 heavy (non-hydrogen) atoms. The van der Waals surface area contributed by atoms with Crippen molar-refractivity contribution in [1.29, 1.82) is 0 Å². The van der Waals surface area contributed by atoms with Crippen LogP contribution in [-0.2, 0) is 7.05 Å². The van der Waals surface area contributed by atoms with Gasteiger partial charge >= 0.3 is 0 Å². The average Bonchev–Trinajstić information content (AvgIpc) is 2.43. The molecule has 2 aromatic carbocycles. The van der Waals surface area contributed by atoms with Crippen LogP contribution in [0.2, 0.25) is 0 Å². The highest BCUT2D eigenvalue weighted by molar-refractivity contribution is 14.1. The third kappa shape index (κ3) is 2.14. The van der Waals surface area contributed by atoms with E-state index in [1.807, 2.05) is 0 Å². The Kier molecular flexibility index (Phi) is 3.27. The zero-order valence-electron chi connectivity index (χ0n) is 11.0. The number of fused-ring (bicyclic) bond motifs is 1. The van der Waals surface area contributed by atoms with E-state index in [0.29, 0.717) is 0 Å². The predicted octanol–water partition coefficient (Wildman–Crippen LogP) is 4.24. The van der Waals surface area contributed by atoms with Crippen molar-refractivity contribution in [3.63, 3.8) is 0 Å². The van der Waals surface area contributed by atoms with E-state index in [1.54, 1.807) is 0 Å². The van der Waals surface area contributed by atoms with Gasteiger partial charge in [0, 0.05) is 9.64 Å². The average molecular weight is 360 g/mol. The van der Waals surface area contributed by atoms with Crippen molar-refractivity contribution < 1.29 is 4.57 Å². The fourth-order valence-corrected chi connectivity index (χ4v) is 3.01. The van der Waals surface area contributed by atoms with Crippen molar-refractivity contribution in [2.75, 3.05) is 0 Å². The standard InChI is InChI=1S/C17H15IN/c1-12-14(8-5-9-16(12)18)17-15-7-4-3-6-13(15)10-11-19(17)2/h3-11H,1-2H3/q+1. The molecule has 0 radical (unpaired) electrons. The van der Waals surface area contributed by atoms with Crippen molar-refractivity contribution >= 4 is 33.4 Å². The summed E-state index contributed by atoms with van der Waals surface area (Å²) in [5.41, 5.74) is 3.94. The molecule has 3 rings (SSSR count). The van der Waals surface area contributed by atoms with Crippen LogP contribution in [0.3, 0.4) is 0 Å². The van der Waals surface area contributed by atoms with Gasteiger partial charge in [0.05, 0.1) is 10.9 Å². The van der Waals surface area contributed by atoms with Gasteiger partial charge in [0.25, 0.3) is 0 Å². The largest absolute Gasteiger partial charge is 0.220 e. The van der Waals surface area contributed by atoms with Crippen molar-refractivity contribution in [1.82, 2.24) is 0 Å². The molecule has 0 saturated heterocycles. The molecule has 3 aromatic rings. The lowest BCUT2D eigenvalue weighted by molar-refractivity contribution is -0.659. The molecule has 94 valence electrons. The second-order valence-corrected chi connectivity index (χ2v) is 5.94. The molecule has 0 spiro atoms. The van der Waals surface area contributed by atoms with E-state index in [2.05, 4.69) is 95.9 Å². The van der Waals surface area contributed by atoms with Gasteiger partial charge in [-0.05, 0) is 58.7 Å². The van der Waals surface area contributed by atoms with Crippen LogP contribution in [0.15, 0.2) is 54.7 Å². The van der Waals surface area contributed by atoms with Crippen LogP contribution in [0.4, 0.5) is 0 Å². The molecule has 0 fully saturated rings. The van der Waals surface area contributed by atoms with Gasteiger partial charge in [0.1, 0.15) is 7.05 Å². The molecule has 0 bridgehead atoms. The molecule has 0 aliphatic heterocycles.